The van der Waals surface area contributed by atoms with Crippen molar-refractivity contribution < 1.29 is 0 Å². The first-order valence-corrected chi connectivity index (χ1v) is 3.99. The Morgan fingerprint density at radius 2 is 2.00 bits per heavy atom. The van der Waals surface area contributed by atoms with Crippen molar-refractivity contribution in [2.75, 3.05) is 13.1 Å². The summed E-state index contributed by atoms with van der Waals surface area (Å²) in [5.41, 5.74) is 10.7. The Balaban J connectivity index is 2.77. The molecule has 0 aliphatic rings. The highest BCUT2D eigenvalue weighted by Gasteiger charge is 1.92. The zero-order chi connectivity index (χ0) is 7.82. The molecule has 0 spiro atoms. The van der Waals surface area contributed by atoms with Crippen molar-refractivity contribution in [3.63, 3.8) is 0 Å². The first kappa shape index (κ1) is 9.88. The molecule has 0 aromatic heterocycles. The number of nitrogens with one attached hydrogen (secondary N) is 1. The second kappa shape index (κ2) is 6.99. The molecule has 0 unspecified atom stereocenters. The SMILES string of the molecule is CCCNCCCC(N)N. The topological polar surface area (TPSA) is 64.1 Å². The lowest BCUT2D eigenvalue weighted by molar-refractivity contribution is 0.560. The minimum absolute atomic E-state index is 0.136. The van der Waals surface area contributed by atoms with Crippen LogP contribution in [0.15, 0.2) is 0 Å². The third-order valence-electron chi connectivity index (χ3n) is 1.32. The molecule has 0 aromatic rings. The van der Waals surface area contributed by atoms with E-state index in [-0.39, 0.29) is 6.17 Å². The van der Waals surface area contributed by atoms with Gasteiger partial charge in [-0.2, -0.15) is 0 Å². The molecule has 0 aliphatic heterocycles. The van der Waals surface area contributed by atoms with Gasteiger partial charge >= 0.3 is 0 Å². The Kier molecular flexibility index (Phi) is 6.91. The van der Waals surface area contributed by atoms with Crippen LogP contribution in [-0.2, 0) is 0 Å². The standard InChI is InChI=1S/C7H19N3/c1-2-5-10-6-3-4-7(8)9/h7,10H,2-6,8-9H2,1H3. The van der Waals surface area contributed by atoms with Gasteiger partial charge in [-0.15, -0.1) is 0 Å². The van der Waals surface area contributed by atoms with Gasteiger partial charge in [0.15, 0.2) is 0 Å². The predicted molar refractivity (Wildman–Crippen MR) is 44.6 cm³/mol. The zero-order valence-electron chi connectivity index (χ0n) is 6.77. The van der Waals surface area contributed by atoms with E-state index in [2.05, 4.69) is 12.2 Å². The maximum Gasteiger partial charge on any atom is 0.0521 e. The highest BCUT2D eigenvalue weighted by Crippen LogP contribution is 1.86. The highest BCUT2D eigenvalue weighted by atomic mass is 14.9. The summed E-state index contributed by atoms with van der Waals surface area (Å²) >= 11 is 0. The van der Waals surface area contributed by atoms with Crippen molar-refractivity contribution >= 4 is 0 Å². The summed E-state index contributed by atoms with van der Waals surface area (Å²) in [4.78, 5) is 0. The van der Waals surface area contributed by atoms with Crippen LogP contribution in [0, 0.1) is 0 Å². The minimum atomic E-state index is -0.136. The molecular weight excluding hydrogens is 126 g/mol. The van der Waals surface area contributed by atoms with Crippen molar-refractivity contribution in [1.82, 2.24) is 5.32 Å². The number of rotatable bonds is 6. The summed E-state index contributed by atoms with van der Waals surface area (Å²) in [5, 5.41) is 3.28. The fraction of sp³-hybridized carbons (Fsp3) is 1.00. The molecule has 0 radical (unpaired) electrons. The molecule has 0 aliphatic carbocycles. The molecule has 0 fully saturated rings. The second-order valence-corrected chi connectivity index (χ2v) is 2.56. The molecule has 0 bridgehead atoms. The van der Waals surface area contributed by atoms with Gasteiger partial charge in [-0.3, -0.25) is 0 Å². The van der Waals surface area contributed by atoms with E-state index in [1.807, 2.05) is 0 Å². The molecule has 0 saturated heterocycles. The van der Waals surface area contributed by atoms with Gasteiger partial charge < -0.3 is 16.8 Å². The lowest BCUT2D eigenvalue weighted by atomic mass is 10.2. The van der Waals surface area contributed by atoms with E-state index in [0.717, 1.165) is 25.9 Å². The van der Waals surface area contributed by atoms with Gasteiger partial charge in [-0.25, -0.2) is 0 Å². The molecule has 62 valence electrons. The van der Waals surface area contributed by atoms with Crippen LogP contribution in [0.4, 0.5) is 0 Å². The quantitative estimate of drug-likeness (QED) is 0.364. The Morgan fingerprint density at radius 1 is 1.30 bits per heavy atom. The molecular formula is C7H19N3. The molecule has 0 aromatic carbocycles. The second-order valence-electron chi connectivity index (χ2n) is 2.56. The average Bonchev–Trinajstić information content (AvgIpc) is 1.87. The summed E-state index contributed by atoms with van der Waals surface area (Å²) < 4.78 is 0. The predicted octanol–water partition coefficient (Wildman–Crippen LogP) is 0.00970. The van der Waals surface area contributed by atoms with E-state index in [9.17, 15) is 0 Å². The van der Waals surface area contributed by atoms with Crippen LogP contribution in [0.2, 0.25) is 0 Å². The van der Waals surface area contributed by atoms with E-state index in [4.69, 9.17) is 11.5 Å². The summed E-state index contributed by atoms with van der Waals surface area (Å²) in [7, 11) is 0. The van der Waals surface area contributed by atoms with Crippen LogP contribution < -0.4 is 16.8 Å². The molecule has 3 nitrogen and oxygen atoms in total. The maximum absolute atomic E-state index is 5.36. The van der Waals surface area contributed by atoms with Crippen molar-refractivity contribution in [2.24, 2.45) is 11.5 Å². The molecule has 3 heteroatoms. The normalized spacial score (nSPS) is 10.8. The van der Waals surface area contributed by atoms with E-state index >= 15 is 0 Å². The van der Waals surface area contributed by atoms with Crippen LogP contribution in [0.5, 0.6) is 0 Å². The number of hydrogen-bond acceptors (Lipinski definition) is 3. The molecule has 0 heterocycles. The van der Waals surface area contributed by atoms with Gasteiger partial charge in [0.25, 0.3) is 0 Å². The smallest absolute Gasteiger partial charge is 0.0521 e. The molecule has 0 amide bonds. The van der Waals surface area contributed by atoms with Gasteiger partial charge in [0.2, 0.25) is 0 Å². The van der Waals surface area contributed by atoms with Crippen LogP contribution in [0.25, 0.3) is 0 Å². The van der Waals surface area contributed by atoms with Crippen LogP contribution >= 0.6 is 0 Å². The summed E-state index contributed by atoms with van der Waals surface area (Å²) in [6.07, 6.45) is 3.05. The van der Waals surface area contributed by atoms with Gasteiger partial charge in [0, 0.05) is 0 Å². The summed E-state index contributed by atoms with van der Waals surface area (Å²) in [6.45, 7) is 4.29. The largest absolute Gasteiger partial charge is 0.317 e. The van der Waals surface area contributed by atoms with Crippen LogP contribution in [-0.4, -0.2) is 19.3 Å². The fourth-order valence-corrected chi connectivity index (χ4v) is 0.765. The Labute approximate surface area is 63.2 Å². The molecule has 0 rings (SSSR count). The molecule has 5 N–H and O–H groups in total. The Hall–Kier alpha value is -0.120. The van der Waals surface area contributed by atoms with E-state index in [1.54, 1.807) is 0 Å². The molecule has 10 heavy (non-hydrogen) atoms. The van der Waals surface area contributed by atoms with Crippen LogP contribution in [0.3, 0.4) is 0 Å². The minimum Gasteiger partial charge on any atom is -0.317 e. The first-order valence-electron chi connectivity index (χ1n) is 3.99. The van der Waals surface area contributed by atoms with Crippen molar-refractivity contribution in [3.8, 4) is 0 Å². The van der Waals surface area contributed by atoms with E-state index in [1.165, 1.54) is 6.42 Å². The zero-order valence-corrected chi connectivity index (χ0v) is 6.77. The third kappa shape index (κ3) is 7.88. The van der Waals surface area contributed by atoms with Gasteiger partial charge in [-0.05, 0) is 32.4 Å². The number of nitrogens with two attached hydrogens (primary N) is 2. The average molecular weight is 145 g/mol. The Bertz CT molecular complexity index is 63.9. The van der Waals surface area contributed by atoms with Crippen molar-refractivity contribution in [1.29, 1.82) is 0 Å². The number of hydrogen-bond donors (Lipinski definition) is 3. The van der Waals surface area contributed by atoms with E-state index < -0.39 is 0 Å². The maximum atomic E-state index is 5.36. The van der Waals surface area contributed by atoms with Gasteiger partial charge in [-0.1, -0.05) is 6.92 Å². The van der Waals surface area contributed by atoms with Crippen molar-refractivity contribution in [3.05, 3.63) is 0 Å². The monoisotopic (exact) mass is 145 g/mol. The third-order valence-corrected chi connectivity index (χ3v) is 1.32. The molecule has 0 atom stereocenters. The summed E-state index contributed by atoms with van der Waals surface area (Å²) in [5.74, 6) is 0. The van der Waals surface area contributed by atoms with Crippen molar-refractivity contribution in [2.45, 2.75) is 32.4 Å². The summed E-state index contributed by atoms with van der Waals surface area (Å²) in [6, 6.07) is 0. The highest BCUT2D eigenvalue weighted by molar-refractivity contribution is 4.53. The lowest BCUT2D eigenvalue weighted by Crippen LogP contribution is -2.31. The van der Waals surface area contributed by atoms with Gasteiger partial charge in [0.1, 0.15) is 0 Å². The van der Waals surface area contributed by atoms with E-state index in [0.29, 0.717) is 0 Å². The lowest BCUT2D eigenvalue weighted by Gasteiger charge is -2.04. The molecule has 0 saturated carbocycles. The first-order chi connectivity index (χ1) is 4.77. The van der Waals surface area contributed by atoms with Gasteiger partial charge in [0.05, 0.1) is 6.17 Å². The Morgan fingerprint density at radius 3 is 2.50 bits per heavy atom. The fourth-order valence-electron chi connectivity index (χ4n) is 0.765. The van der Waals surface area contributed by atoms with Crippen LogP contribution in [0.1, 0.15) is 26.2 Å².